The van der Waals surface area contributed by atoms with Gasteiger partial charge in [-0.2, -0.15) is 0 Å². The molecule has 20 heavy (non-hydrogen) atoms. The monoisotopic (exact) mass is 291 g/mol. The molecule has 110 valence electrons. The van der Waals surface area contributed by atoms with Gasteiger partial charge in [-0.3, -0.25) is 4.79 Å². The molecule has 0 spiro atoms. The number of likely N-dealkylation sites (tertiary alicyclic amines) is 1. The molecule has 1 aromatic carbocycles. The summed E-state index contributed by atoms with van der Waals surface area (Å²) in [4.78, 5) is 14.5. The number of hydrogen-bond acceptors (Lipinski definition) is 2. The normalized spacial score (nSPS) is 22.2. The first kappa shape index (κ1) is 15.4. The number of aryl methyl sites for hydroxylation is 1. The van der Waals surface area contributed by atoms with Crippen LogP contribution in [0, 0.1) is 6.92 Å². The summed E-state index contributed by atoms with van der Waals surface area (Å²) in [5.74, 6) is 1.85. The van der Waals surface area contributed by atoms with Crippen LogP contribution in [0.15, 0.2) is 24.3 Å². The minimum absolute atomic E-state index is 0.318. The summed E-state index contributed by atoms with van der Waals surface area (Å²) in [6, 6.07) is 9.46. The summed E-state index contributed by atoms with van der Waals surface area (Å²) in [5, 5.41) is 0. The number of amides is 1. The average Bonchev–Trinajstić information content (AvgIpc) is 2.82. The fraction of sp³-hybridized carbons (Fsp3) is 0.588. The van der Waals surface area contributed by atoms with Crippen molar-refractivity contribution in [3.63, 3.8) is 0 Å². The zero-order chi connectivity index (χ0) is 14.5. The molecule has 1 amide bonds. The summed E-state index contributed by atoms with van der Waals surface area (Å²) in [6.07, 6.45) is 3.41. The first-order chi connectivity index (χ1) is 9.61. The molecule has 1 aromatic rings. The van der Waals surface area contributed by atoms with Crippen molar-refractivity contribution in [2.75, 3.05) is 5.75 Å². The third kappa shape index (κ3) is 3.78. The Morgan fingerprint density at radius 3 is 2.65 bits per heavy atom. The van der Waals surface area contributed by atoms with E-state index in [1.54, 1.807) is 11.8 Å². The number of benzene rings is 1. The Morgan fingerprint density at radius 1 is 1.30 bits per heavy atom. The van der Waals surface area contributed by atoms with Crippen LogP contribution in [-0.4, -0.2) is 28.6 Å². The van der Waals surface area contributed by atoms with E-state index in [9.17, 15) is 4.79 Å². The van der Waals surface area contributed by atoms with Crippen LogP contribution < -0.4 is 0 Å². The van der Waals surface area contributed by atoms with Gasteiger partial charge in [0.15, 0.2) is 0 Å². The third-order valence-corrected chi connectivity index (χ3v) is 5.15. The van der Waals surface area contributed by atoms with Gasteiger partial charge in [-0.25, -0.2) is 0 Å². The Balaban J connectivity index is 1.81. The van der Waals surface area contributed by atoms with Crippen molar-refractivity contribution < 1.29 is 4.79 Å². The second-order valence-corrected chi connectivity index (χ2v) is 6.75. The molecule has 0 N–H and O–H groups in total. The minimum Gasteiger partial charge on any atom is -0.336 e. The zero-order valence-corrected chi connectivity index (χ0v) is 13.6. The number of hydrogen-bond donors (Lipinski definition) is 0. The summed E-state index contributed by atoms with van der Waals surface area (Å²) in [5.41, 5.74) is 2.58. The van der Waals surface area contributed by atoms with Gasteiger partial charge in [0.05, 0.1) is 5.75 Å². The van der Waals surface area contributed by atoms with Gasteiger partial charge in [0.2, 0.25) is 5.91 Å². The van der Waals surface area contributed by atoms with Crippen LogP contribution in [0.1, 0.15) is 44.2 Å². The fourth-order valence-electron chi connectivity index (χ4n) is 2.94. The van der Waals surface area contributed by atoms with E-state index in [2.05, 4.69) is 49.9 Å². The Bertz CT molecular complexity index is 443. The second-order valence-electron chi connectivity index (χ2n) is 5.77. The summed E-state index contributed by atoms with van der Waals surface area (Å²) in [7, 11) is 0. The molecule has 0 aliphatic carbocycles. The first-order valence-corrected chi connectivity index (χ1v) is 8.71. The van der Waals surface area contributed by atoms with Gasteiger partial charge in [-0.1, -0.05) is 36.8 Å². The molecule has 0 radical (unpaired) electrons. The Hall–Kier alpha value is -0.960. The molecular weight excluding hydrogens is 266 g/mol. The zero-order valence-electron chi connectivity index (χ0n) is 12.8. The Morgan fingerprint density at radius 2 is 2.00 bits per heavy atom. The van der Waals surface area contributed by atoms with E-state index >= 15 is 0 Å². The predicted molar refractivity (Wildman–Crippen MR) is 87.0 cm³/mol. The van der Waals surface area contributed by atoms with Crippen molar-refractivity contribution in [2.24, 2.45) is 0 Å². The molecule has 2 rings (SSSR count). The van der Waals surface area contributed by atoms with Crippen LogP contribution in [0.5, 0.6) is 0 Å². The van der Waals surface area contributed by atoms with E-state index in [0.717, 1.165) is 18.6 Å². The molecule has 1 aliphatic heterocycles. The van der Waals surface area contributed by atoms with E-state index in [-0.39, 0.29) is 0 Å². The van der Waals surface area contributed by atoms with E-state index < -0.39 is 0 Å². The summed E-state index contributed by atoms with van der Waals surface area (Å²) >= 11 is 1.73. The Labute approximate surface area is 126 Å². The maximum Gasteiger partial charge on any atom is 0.233 e. The van der Waals surface area contributed by atoms with E-state index in [4.69, 9.17) is 0 Å². The van der Waals surface area contributed by atoms with E-state index in [1.165, 1.54) is 17.5 Å². The molecule has 0 saturated carbocycles. The highest BCUT2D eigenvalue weighted by Crippen LogP contribution is 2.27. The summed E-state index contributed by atoms with van der Waals surface area (Å²) in [6.45, 7) is 6.46. The molecule has 1 heterocycles. The fourth-order valence-corrected chi connectivity index (χ4v) is 3.79. The van der Waals surface area contributed by atoms with E-state index in [1.807, 2.05) is 0 Å². The maximum absolute atomic E-state index is 12.4. The smallest absolute Gasteiger partial charge is 0.233 e. The molecule has 2 atom stereocenters. The molecule has 2 nitrogen and oxygen atoms in total. The predicted octanol–water partition coefficient (Wildman–Crippen LogP) is 4.02. The quantitative estimate of drug-likeness (QED) is 0.816. The van der Waals surface area contributed by atoms with Crippen molar-refractivity contribution in [2.45, 2.75) is 57.9 Å². The maximum atomic E-state index is 12.4. The van der Waals surface area contributed by atoms with Crippen molar-refractivity contribution in [1.29, 1.82) is 0 Å². The largest absolute Gasteiger partial charge is 0.336 e. The average molecular weight is 291 g/mol. The molecule has 0 unspecified atom stereocenters. The molecule has 1 aliphatic rings. The van der Waals surface area contributed by atoms with Crippen molar-refractivity contribution in [3.05, 3.63) is 35.4 Å². The molecule has 1 saturated heterocycles. The molecule has 3 heteroatoms. The lowest BCUT2D eigenvalue weighted by Gasteiger charge is -2.28. The number of rotatable bonds is 5. The van der Waals surface area contributed by atoms with Crippen LogP contribution in [0.2, 0.25) is 0 Å². The third-order valence-electron chi connectivity index (χ3n) is 4.16. The topological polar surface area (TPSA) is 20.3 Å². The molecule has 0 aromatic heterocycles. The van der Waals surface area contributed by atoms with Gasteiger partial charge in [0.25, 0.3) is 0 Å². The van der Waals surface area contributed by atoms with Crippen LogP contribution in [-0.2, 0) is 10.5 Å². The van der Waals surface area contributed by atoms with Crippen LogP contribution in [0.3, 0.4) is 0 Å². The van der Waals surface area contributed by atoms with Crippen molar-refractivity contribution in [1.82, 2.24) is 4.90 Å². The number of thioether (sulfide) groups is 1. The van der Waals surface area contributed by atoms with Gasteiger partial charge in [0.1, 0.15) is 0 Å². The van der Waals surface area contributed by atoms with Gasteiger partial charge in [-0.15, -0.1) is 11.8 Å². The number of carbonyl (C=O) groups excluding carboxylic acids is 1. The molecular formula is C17H25NOS. The number of carbonyl (C=O) groups is 1. The van der Waals surface area contributed by atoms with Crippen molar-refractivity contribution in [3.8, 4) is 0 Å². The van der Waals surface area contributed by atoms with Crippen LogP contribution >= 0.6 is 11.8 Å². The van der Waals surface area contributed by atoms with Crippen LogP contribution in [0.25, 0.3) is 0 Å². The van der Waals surface area contributed by atoms with E-state index in [0.29, 0.717) is 23.7 Å². The standard InChI is InChI=1S/C17H25NOS/c1-4-16-10-7-14(3)18(16)17(19)12-20-11-15-8-5-13(2)6-9-15/h5-6,8-9,14,16H,4,7,10-12H2,1-3H3/t14-,16+/m0/s1. The van der Waals surface area contributed by atoms with Crippen molar-refractivity contribution >= 4 is 17.7 Å². The first-order valence-electron chi connectivity index (χ1n) is 7.56. The Kier molecular flexibility index (Phi) is 5.53. The molecule has 0 bridgehead atoms. The highest BCUT2D eigenvalue weighted by molar-refractivity contribution is 7.99. The lowest BCUT2D eigenvalue weighted by atomic mass is 10.1. The minimum atomic E-state index is 0.318. The van der Waals surface area contributed by atoms with Gasteiger partial charge >= 0.3 is 0 Å². The van der Waals surface area contributed by atoms with Gasteiger partial charge in [-0.05, 0) is 38.7 Å². The lowest BCUT2D eigenvalue weighted by Crippen LogP contribution is -2.40. The van der Waals surface area contributed by atoms with Gasteiger partial charge < -0.3 is 4.90 Å². The molecule has 1 fully saturated rings. The number of nitrogens with zero attached hydrogens (tertiary/aromatic N) is 1. The highest BCUT2D eigenvalue weighted by atomic mass is 32.2. The summed E-state index contributed by atoms with van der Waals surface area (Å²) < 4.78 is 0. The SMILES string of the molecule is CC[C@@H]1CC[C@H](C)N1C(=O)CSCc1ccc(C)cc1. The lowest BCUT2D eigenvalue weighted by molar-refractivity contribution is -0.130. The second kappa shape index (κ2) is 7.16. The van der Waals surface area contributed by atoms with Crippen LogP contribution in [0.4, 0.5) is 0 Å². The van der Waals surface area contributed by atoms with Gasteiger partial charge in [0, 0.05) is 17.8 Å². The highest BCUT2D eigenvalue weighted by Gasteiger charge is 2.32.